The molecule has 1 saturated heterocycles. The third-order valence-corrected chi connectivity index (χ3v) is 4.25. The second-order valence-corrected chi connectivity index (χ2v) is 5.68. The number of rotatable bonds is 4. The van der Waals surface area contributed by atoms with E-state index in [9.17, 15) is 13.2 Å². The molecule has 1 heterocycles. The van der Waals surface area contributed by atoms with Crippen LogP contribution in [0.3, 0.4) is 0 Å². The van der Waals surface area contributed by atoms with Gasteiger partial charge in [0.15, 0.2) is 0 Å². The SMILES string of the molecule is CCN1CCC(NC(C)c2ccccc2C(F)(F)F)CC1. The first-order valence-corrected chi connectivity index (χ1v) is 7.56. The molecule has 0 bridgehead atoms. The summed E-state index contributed by atoms with van der Waals surface area (Å²) in [5, 5.41) is 3.37. The molecule has 1 fully saturated rings. The Morgan fingerprint density at radius 3 is 2.43 bits per heavy atom. The van der Waals surface area contributed by atoms with Gasteiger partial charge in [0.1, 0.15) is 0 Å². The van der Waals surface area contributed by atoms with Crippen LogP contribution in [0.1, 0.15) is 43.9 Å². The van der Waals surface area contributed by atoms with Crippen LogP contribution < -0.4 is 5.32 Å². The molecule has 0 aliphatic carbocycles. The number of nitrogens with one attached hydrogen (secondary N) is 1. The topological polar surface area (TPSA) is 15.3 Å². The number of nitrogens with zero attached hydrogens (tertiary/aromatic N) is 1. The van der Waals surface area contributed by atoms with Gasteiger partial charge in [0.05, 0.1) is 5.56 Å². The molecular formula is C16H23F3N2. The van der Waals surface area contributed by atoms with Crippen LogP contribution in [0.2, 0.25) is 0 Å². The fraction of sp³-hybridized carbons (Fsp3) is 0.625. The van der Waals surface area contributed by atoms with Crippen molar-refractivity contribution in [1.29, 1.82) is 0 Å². The maximum Gasteiger partial charge on any atom is 0.416 e. The van der Waals surface area contributed by atoms with E-state index in [1.807, 2.05) is 6.92 Å². The van der Waals surface area contributed by atoms with E-state index in [0.717, 1.165) is 38.5 Å². The zero-order chi connectivity index (χ0) is 15.5. The number of benzene rings is 1. The fourth-order valence-corrected chi connectivity index (χ4v) is 2.99. The van der Waals surface area contributed by atoms with Gasteiger partial charge in [-0.3, -0.25) is 0 Å². The van der Waals surface area contributed by atoms with Crippen LogP contribution in [0.25, 0.3) is 0 Å². The molecule has 2 rings (SSSR count). The van der Waals surface area contributed by atoms with Gasteiger partial charge >= 0.3 is 6.18 Å². The minimum atomic E-state index is -4.29. The predicted molar refractivity (Wildman–Crippen MR) is 78.1 cm³/mol. The molecule has 0 spiro atoms. The summed E-state index contributed by atoms with van der Waals surface area (Å²) in [6.45, 7) is 7.02. The normalized spacial score (nSPS) is 19.7. The Kier molecular flexibility index (Phi) is 5.27. The van der Waals surface area contributed by atoms with Gasteiger partial charge in [-0.25, -0.2) is 0 Å². The van der Waals surface area contributed by atoms with Crippen molar-refractivity contribution in [2.45, 2.75) is 44.9 Å². The molecule has 5 heteroatoms. The smallest absolute Gasteiger partial charge is 0.307 e. The molecular weight excluding hydrogens is 277 g/mol. The second-order valence-electron chi connectivity index (χ2n) is 5.68. The van der Waals surface area contributed by atoms with E-state index < -0.39 is 11.7 Å². The van der Waals surface area contributed by atoms with Gasteiger partial charge in [0.25, 0.3) is 0 Å². The van der Waals surface area contributed by atoms with Crippen molar-refractivity contribution in [3.05, 3.63) is 35.4 Å². The molecule has 118 valence electrons. The average Bonchev–Trinajstić information content (AvgIpc) is 2.47. The summed E-state index contributed by atoms with van der Waals surface area (Å²) < 4.78 is 39.1. The maximum absolute atomic E-state index is 13.0. The number of alkyl halides is 3. The van der Waals surface area contributed by atoms with Crippen molar-refractivity contribution in [3.63, 3.8) is 0 Å². The molecule has 1 aliphatic rings. The zero-order valence-corrected chi connectivity index (χ0v) is 12.6. The van der Waals surface area contributed by atoms with Crippen molar-refractivity contribution in [2.75, 3.05) is 19.6 Å². The summed E-state index contributed by atoms with van der Waals surface area (Å²) >= 11 is 0. The van der Waals surface area contributed by atoms with Gasteiger partial charge in [-0.15, -0.1) is 0 Å². The standard InChI is InChI=1S/C16H23F3N2/c1-3-21-10-8-13(9-11-21)20-12(2)14-6-4-5-7-15(14)16(17,18)19/h4-7,12-13,20H,3,8-11H2,1-2H3. The molecule has 2 nitrogen and oxygen atoms in total. The highest BCUT2D eigenvalue weighted by molar-refractivity contribution is 5.32. The van der Waals surface area contributed by atoms with E-state index in [0.29, 0.717) is 11.6 Å². The van der Waals surface area contributed by atoms with E-state index in [4.69, 9.17) is 0 Å². The lowest BCUT2D eigenvalue weighted by Gasteiger charge is -2.33. The summed E-state index contributed by atoms with van der Waals surface area (Å²) in [6, 6.07) is 5.85. The average molecular weight is 300 g/mol. The quantitative estimate of drug-likeness (QED) is 0.909. The fourth-order valence-electron chi connectivity index (χ4n) is 2.99. The Morgan fingerprint density at radius 1 is 1.24 bits per heavy atom. The van der Waals surface area contributed by atoms with E-state index >= 15 is 0 Å². The second kappa shape index (κ2) is 6.79. The summed E-state index contributed by atoms with van der Waals surface area (Å²) in [4.78, 5) is 2.37. The summed E-state index contributed by atoms with van der Waals surface area (Å²) in [6.07, 6.45) is -2.31. The summed E-state index contributed by atoms with van der Waals surface area (Å²) in [7, 11) is 0. The van der Waals surface area contributed by atoms with Crippen molar-refractivity contribution < 1.29 is 13.2 Å². The van der Waals surface area contributed by atoms with Crippen molar-refractivity contribution in [2.24, 2.45) is 0 Å². The van der Waals surface area contributed by atoms with Crippen LogP contribution in [-0.4, -0.2) is 30.6 Å². The lowest BCUT2D eigenvalue weighted by molar-refractivity contribution is -0.138. The summed E-state index contributed by atoms with van der Waals surface area (Å²) in [5.41, 5.74) is -0.195. The molecule has 1 unspecified atom stereocenters. The zero-order valence-electron chi connectivity index (χ0n) is 12.6. The number of piperidine rings is 1. The first kappa shape index (κ1) is 16.3. The third-order valence-electron chi connectivity index (χ3n) is 4.25. The molecule has 0 aromatic heterocycles. The van der Waals surface area contributed by atoms with Gasteiger partial charge in [-0.1, -0.05) is 25.1 Å². The van der Waals surface area contributed by atoms with Crippen LogP contribution in [0.15, 0.2) is 24.3 Å². The van der Waals surface area contributed by atoms with E-state index in [1.54, 1.807) is 12.1 Å². The number of likely N-dealkylation sites (tertiary alicyclic amines) is 1. The Morgan fingerprint density at radius 2 is 1.86 bits per heavy atom. The largest absolute Gasteiger partial charge is 0.416 e. The van der Waals surface area contributed by atoms with Crippen molar-refractivity contribution in [1.82, 2.24) is 10.2 Å². The molecule has 0 amide bonds. The first-order chi connectivity index (χ1) is 9.91. The highest BCUT2D eigenvalue weighted by Gasteiger charge is 2.34. The third kappa shape index (κ3) is 4.20. The maximum atomic E-state index is 13.0. The van der Waals surface area contributed by atoms with Crippen LogP contribution in [0.5, 0.6) is 0 Å². The van der Waals surface area contributed by atoms with Crippen LogP contribution in [-0.2, 0) is 6.18 Å². The lowest BCUT2D eigenvalue weighted by Crippen LogP contribution is -2.43. The van der Waals surface area contributed by atoms with Crippen LogP contribution in [0, 0.1) is 0 Å². The minimum absolute atomic E-state index is 0.291. The van der Waals surface area contributed by atoms with Crippen molar-refractivity contribution >= 4 is 0 Å². The molecule has 1 atom stereocenters. The molecule has 1 aromatic carbocycles. The molecule has 1 aliphatic heterocycles. The number of hydrogen-bond donors (Lipinski definition) is 1. The Labute approximate surface area is 124 Å². The molecule has 1 aromatic rings. The van der Waals surface area contributed by atoms with E-state index in [1.165, 1.54) is 6.07 Å². The Hall–Kier alpha value is -1.07. The molecule has 0 saturated carbocycles. The van der Waals surface area contributed by atoms with Crippen LogP contribution >= 0.6 is 0 Å². The Bertz CT molecular complexity index is 451. The van der Waals surface area contributed by atoms with Crippen LogP contribution in [0.4, 0.5) is 13.2 Å². The van der Waals surface area contributed by atoms with E-state index in [2.05, 4.69) is 17.1 Å². The predicted octanol–water partition coefficient (Wildman–Crippen LogP) is 3.84. The highest BCUT2D eigenvalue weighted by atomic mass is 19.4. The van der Waals surface area contributed by atoms with E-state index in [-0.39, 0.29) is 6.04 Å². The molecule has 0 radical (unpaired) electrons. The molecule has 21 heavy (non-hydrogen) atoms. The van der Waals surface area contributed by atoms with Gasteiger partial charge < -0.3 is 10.2 Å². The minimum Gasteiger partial charge on any atom is -0.307 e. The highest BCUT2D eigenvalue weighted by Crippen LogP contribution is 2.34. The first-order valence-electron chi connectivity index (χ1n) is 7.56. The van der Waals surface area contributed by atoms with Gasteiger partial charge in [-0.05, 0) is 51.0 Å². The Balaban J connectivity index is 2.03. The van der Waals surface area contributed by atoms with Crippen molar-refractivity contribution in [3.8, 4) is 0 Å². The van der Waals surface area contributed by atoms with Gasteiger partial charge in [0.2, 0.25) is 0 Å². The van der Waals surface area contributed by atoms with Gasteiger partial charge in [0, 0.05) is 12.1 Å². The summed E-state index contributed by atoms with van der Waals surface area (Å²) in [5.74, 6) is 0. The number of hydrogen-bond acceptors (Lipinski definition) is 2. The van der Waals surface area contributed by atoms with Gasteiger partial charge in [-0.2, -0.15) is 13.2 Å². The lowest BCUT2D eigenvalue weighted by atomic mass is 9.98. The molecule has 1 N–H and O–H groups in total. The number of halogens is 3. The monoisotopic (exact) mass is 300 g/mol.